The Hall–Kier alpha value is -4.01. The fraction of sp³-hybridized carbons (Fsp3) is 0.0769. The minimum absolute atomic E-state index is 0.130. The summed E-state index contributed by atoms with van der Waals surface area (Å²) in [4.78, 5) is 29.5. The Balaban J connectivity index is 1.25. The molecule has 0 aliphatic carbocycles. The first-order valence-electron chi connectivity index (χ1n) is 11.6. The topological polar surface area (TPSA) is 133 Å². The molecule has 2 heterocycles. The number of fused-ring (bicyclic) bond motifs is 2. The highest BCUT2D eigenvalue weighted by atomic mass is 79.9. The maximum absolute atomic E-state index is 12.5. The molecule has 15 heteroatoms. The van der Waals surface area contributed by atoms with E-state index in [1.54, 1.807) is 17.4 Å². The average Bonchev–Trinajstić information content (AvgIpc) is 3.50. The molecule has 0 unspecified atom stereocenters. The molecule has 0 saturated heterocycles. The van der Waals surface area contributed by atoms with Crippen molar-refractivity contribution >= 4 is 76.9 Å². The SMILES string of the molecule is O=C(COc1cc2[nH]c(-c3cc4ccc(Br)cc4[nH]3)cc2cc1Cl)NS(=O)(=O)c1ccc(NC(=O)C(F)(F)F)cc1. The zero-order valence-electron chi connectivity index (χ0n) is 20.4. The maximum atomic E-state index is 12.5. The number of aromatic amines is 2. The van der Waals surface area contributed by atoms with Gasteiger partial charge in [0.25, 0.3) is 15.9 Å². The summed E-state index contributed by atoms with van der Waals surface area (Å²) in [7, 11) is -4.38. The van der Waals surface area contributed by atoms with Crippen LogP contribution in [0.25, 0.3) is 33.2 Å². The zero-order valence-corrected chi connectivity index (χ0v) is 23.6. The van der Waals surface area contributed by atoms with E-state index in [1.807, 2.05) is 35.1 Å². The lowest BCUT2D eigenvalue weighted by Crippen LogP contribution is -2.34. The van der Waals surface area contributed by atoms with Crippen LogP contribution in [0.2, 0.25) is 5.02 Å². The third kappa shape index (κ3) is 6.34. The van der Waals surface area contributed by atoms with E-state index in [0.717, 1.165) is 56.4 Å². The molecule has 41 heavy (non-hydrogen) atoms. The van der Waals surface area contributed by atoms with Gasteiger partial charge in [-0.15, -0.1) is 0 Å². The predicted molar refractivity (Wildman–Crippen MR) is 150 cm³/mol. The number of amides is 2. The van der Waals surface area contributed by atoms with Crippen molar-refractivity contribution in [2.45, 2.75) is 11.1 Å². The molecule has 9 nitrogen and oxygen atoms in total. The Morgan fingerprint density at radius 3 is 2.20 bits per heavy atom. The third-order valence-electron chi connectivity index (χ3n) is 5.83. The lowest BCUT2D eigenvalue weighted by molar-refractivity contribution is -0.167. The van der Waals surface area contributed by atoms with Gasteiger partial charge in [0.15, 0.2) is 6.61 Å². The summed E-state index contributed by atoms with van der Waals surface area (Å²) in [6, 6.07) is 16.7. The molecule has 5 aromatic rings. The smallest absolute Gasteiger partial charge is 0.471 e. The molecule has 5 rings (SSSR count). The van der Waals surface area contributed by atoms with Gasteiger partial charge in [0.2, 0.25) is 0 Å². The van der Waals surface area contributed by atoms with E-state index < -0.39 is 39.5 Å². The number of carbonyl (C=O) groups excluding carboxylic acids is 2. The van der Waals surface area contributed by atoms with Crippen LogP contribution < -0.4 is 14.8 Å². The number of benzene rings is 3. The van der Waals surface area contributed by atoms with Crippen molar-refractivity contribution in [2.24, 2.45) is 0 Å². The number of sulfonamides is 1. The number of nitrogens with one attached hydrogen (secondary N) is 4. The van der Waals surface area contributed by atoms with E-state index in [0.29, 0.717) is 5.52 Å². The number of aromatic nitrogens is 2. The summed E-state index contributed by atoms with van der Waals surface area (Å²) in [6.45, 7) is -0.700. The van der Waals surface area contributed by atoms with E-state index in [-0.39, 0.29) is 16.5 Å². The van der Waals surface area contributed by atoms with Gasteiger partial charge in [-0.3, -0.25) is 9.59 Å². The lowest BCUT2D eigenvalue weighted by atomic mass is 10.2. The normalized spacial score (nSPS) is 12.0. The van der Waals surface area contributed by atoms with Gasteiger partial charge in [0.1, 0.15) is 5.75 Å². The van der Waals surface area contributed by atoms with Crippen molar-refractivity contribution in [1.29, 1.82) is 0 Å². The fourth-order valence-electron chi connectivity index (χ4n) is 3.93. The van der Waals surface area contributed by atoms with Gasteiger partial charge in [0, 0.05) is 38.0 Å². The number of anilines is 1. The first-order chi connectivity index (χ1) is 19.3. The van der Waals surface area contributed by atoms with Crippen molar-refractivity contribution in [3.8, 4) is 17.1 Å². The monoisotopic (exact) mass is 668 g/mol. The van der Waals surface area contributed by atoms with Gasteiger partial charge in [0.05, 0.1) is 21.3 Å². The molecule has 2 aromatic heterocycles. The van der Waals surface area contributed by atoms with E-state index in [4.69, 9.17) is 16.3 Å². The summed E-state index contributed by atoms with van der Waals surface area (Å²) in [5, 5.41) is 3.58. The Kier molecular flexibility index (Phi) is 7.48. The summed E-state index contributed by atoms with van der Waals surface area (Å²) in [5.41, 5.74) is 2.95. The van der Waals surface area contributed by atoms with Gasteiger partial charge < -0.3 is 20.0 Å². The second kappa shape index (κ2) is 10.8. The average molecular weight is 670 g/mol. The minimum atomic E-state index is -5.11. The van der Waals surface area contributed by atoms with Gasteiger partial charge in [-0.25, -0.2) is 13.1 Å². The second-order valence-corrected chi connectivity index (χ2v) is 11.8. The molecule has 0 radical (unpaired) electrons. The van der Waals surface area contributed by atoms with Crippen LogP contribution in [0.4, 0.5) is 18.9 Å². The molecule has 212 valence electrons. The predicted octanol–water partition coefficient (Wildman–Crippen LogP) is 6.12. The minimum Gasteiger partial charge on any atom is -0.482 e. The summed E-state index contributed by atoms with van der Waals surface area (Å²) in [5.74, 6) is -3.10. The number of hydrogen-bond donors (Lipinski definition) is 4. The van der Waals surface area contributed by atoms with Crippen molar-refractivity contribution in [1.82, 2.24) is 14.7 Å². The Morgan fingerprint density at radius 1 is 0.902 bits per heavy atom. The van der Waals surface area contributed by atoms with Gasteiger partial charge >= 0.3 is 12.1 Å². The molecule has 2 amide bonds. The van der Waals surface area contributed by atoms with Crippen molar-refractivity contribution in [3.05, 3.63) is 76.2 Å². The van der Waals surface area contributed by atoms with Crippen molar-refractivity contribution in [2.75, 3.05) is 11.9 Å². The summed E-state index contributed by atoms with van der Waals surface area (Å²) in [6.07, 6.45) is -5.11. The van der Waals surface area contributed by atoms with Crippen LogP contribution in [0, 0.1) is 0 Å². The van der Waals surface area contributed by atoms with Gasteiger partial charge in [-0.2, -0.15) is 13.2 Å². The standard InChI is InChI=1S/C26H17BrClF3N4O5S/c27-15-2-1-13-8-21(33-19(13)10-15)22-9-14-7-18(28)23(11-20(14)34-22)40-12-24(36)35-41(38,39)17-5-3-16(4-6-17)32-25(37)26(29,30)31/h1-11,33-34H,12H2,(H,32,37)(H,35,36). The van der Waals surface area contributed by atoms with Crippen LogP contribution in [0.15, 0.2) is 76.1 Å². The van der Waals surface area contributed by atoms with Crippen LogP contribution in [0.5, 0.6) is 5.75 Å². The number of ether oxygens (including phenoxy) is 1. The highest BCUT2D eigenvalue weighted by Crippen LogP contribution is 2.34. The van der Waals surface area contributed by atoms with E-state index >= 15 is 0 Å². The quantitative estimate of drug-likeness (QED) is 0.166. The van der Waals surface area contributed by atoms with Crippen LogP contribution >= 0.6 is 27.5 Å². The zero-order chi connectivity index (χ0) is 29.5. The number of H-pyrrole nitrogens is 2. The fourth-order valence-corrected chi connectivity index (χ4v) is 5.49. The third-order valence-corrected chi connectivity index (χ3v) is 8.01. The van der Waals surface area contributed by atoms with Gasteiger partial charge in [-0.05, 0) is 54.6 Å². The number of halogens is 5. The first kappa shape index (κ1) is 28.5. The van der Waals surface area contributed by atoms with E-state index in [1.165, 1.54) is 0 Å². The summed E-state index contributed by atoms with van der Waals surface area (Å²) < 4.78 is 70.4. The number of hydrogen-bond acceptors (Lipinski definition) is 5. The number of rotatable bonds is 7. The van der Waals surface area contributed by atoms with Crippen LogP contribution in [0.3, 0.4) is 0 Å². The highest BCUT2D eigenvalue weighted by Gasteiger charge is 2.38. The number of carbonyl (C=O) groups is 2. The van der Waals surface area contributed by atoms with E-state index in [2.05, 4.69) is 25.9 Å². The van der Waals surface area contributed by atoms with Crippen LogP contribution in [0.1, 0.15) is 0 Å². The van der Waals surface area contributed by atoms with Crippen molar-refractivity contribution in [3.63, 3.8) is 0 Å². The molecule has 0 aliphatic rings. The second-order valence-electron chi connectivity index (χ2n) is 8.76. The molecule has 0 saturated carbocycles. The molecular formula is C26H17BrClF3N4O5S. The molecule has 0 fully saturated rings. The number of alkyl halides is 3. The molecule has 3 aromatic carbocycles. The lowest BCUT2D eigenvalue weighted by Gasteiger charge is -2.11. The Labute approximate surface area is 243 Å². The molecule has 0 atom stereocenters. The Bertz CT molecular complexity index is 1920. The summed E-state index contributed by atoms with van der Waals surface area (Å²) >= 11 is 9.78. The van der Waals surface area contributed by atoms with E-state index in [9.17, 15) is 31.2 Å². The first-order valence-corrected chi connectivity index (χ1v) is 14.2. The maximum Gasteiger partial charge on any atom is 0.471 e. The molecule has 0 aliphatic heterocycles. The van der Waals surface area contributed by atoms with Crippen LogP contribution in [-0.4, -0.2) is 43.0 Å². The van der Waals surface area contributed by atoms with Crippen LogP contribution in [-0.2, 0) is 19.6 Å². The molecular weight excluding hydrogens is 653 g/mol. The molecule has 0 spiro atoms. The largest absolute Gasteiger partial charge is 0.482 e. The Morgan fingerprint density at radius 2 is 1.54 bits per heavy atom. The molecule has 4 N–H and O–H groups in total. The van der Waals surface area contributed by atoms with Gasteiger partial charge in [-0.1, -0.05) is 33.6 Å². The highest BCUT2D eigenvalue weighted by molar-refractivity contribution is 9.10. The van der Waals surface area contributed by atoms with Crippen molar-refractivity contribution < 1.29 is 35.9 Å². The molecule has 0 bridgehead atoms.